The highest BCUT2D eigenvalue weighted by Crippen LogP contribution is 2.07. The van der Waals surface area contributed by atoms with Gasteiger partial charge in [0.15, 0.2) is 0 Å². The Morgan fingerprint density at radius 2 is 1.40 bits per heavy atom. The summed E-state index contributed by atoms with van der Waals surface area (Å²) in [6.45, 7) is 6.94. The lowest BCUT2D eigenvalue weighted by atomic mass is 10.0. The fraction of sp³-hybridized carbons (Fsp3) is 0.722. The number of carboxylic acids is 2. The number of carboxylic acid groups (broad SMARTS) is 2. The van der Waals surface area contributed by atoms with Gasteiger partial charge < -0.3 is 31.9 Å². The zero-order valence-electron chi connectivity index (χ0n) is 17.5. The summed E-state index contributed by atoms with van der Waals surface area (Å²) in [7, 11) is 0. The van der Waals surface area contributed by atoms with Gasteiger partial charge in [0.25, 0.3) is 0 Å². The molecule has 0 heterocycles. The van der Waals surface area contributed by atoms with Crippen LogP contribution in [0.1, 0.15) is 40.5 Å². The van der Waals surface area contributed by atoms with E-state index in [0.29, 0.717) is 6.42 Å². The summed E-state index contributed by atoms with van der Waals surface area (Å²) in [5, 5.41) is 25.1. The second kappa shape index (κ2) is 13.1. The van der Waals surface area contributed by atoms with E-state index in [2.05, 4.69) is 28.6 Å². The smallest absolute Gasteiger partial charge is 0.327 e. The van der Waals surface area contributed by atoms with Gasteiger partial charge in [-0.05, 0) is 18.3 Å². The number of amides is 3. The van der Waals surface area contributed by atoms with Crippen molar-refractivity contribution in [3.05, 3.63) is 0 Å². The van der Waals surface area contributed by atoms with Gasteiger partial charge in [0.05, 0.1) is 12.5 Å². The topological polar surface area (TPSA) is 188 Å². The van der Waals surface area contributed by atoms with E-state index in [1.165, 1.54) is 0 Å². The van der Waals surface area contributed by atoms with Crippen molar-refractivity contribution in [2.75, 3.05) is 5.75 Å². The van der Waals surface area contributed by atoms with Crippen molar-refractivity contribution >= 4 is 42.3 Å². The van der Waals surface area contributed by atoms with Gasteiger partial charge in [-0.1, -0.05) is 27.7 Å². The van der Waals surface area contributed by atoms with Crippen LogP contribution in [-0.4, -0.2) is 69.8 Å². The van der Waals surface area contributed by atoms with Gasteiger partial charge >= 0.3 is 11.9 Å². The highest BCUT2D eigenvalue weighted by atomic mass is 32.1. The van der Waals surface area contributed by atoms with Gasteiger partial charge in [0.1, 0.15) is 18.1 Å². The predicted molar refractivity (Wildman–Crippen MR) is 112 cm³/mol. The third kappa shape index (κ3) is 9.92. The Morgan fingerprint density at radius 1 is 0.867 bits per heavy atom. The fourth-order valence-electron chi connectivity index (χ4n) is 2.51. The van der Waals surface area contributed by atoms with E-state index in [4.69, 9.17) is 15.9 Å². The van der Waals surface area contributed by atoms with Crippen molar-refractivity contribution in [2.45, 2.75) is 64.7 Å². The molecule has 0 bridgehead atoms. The number of carbonyl (C=O) groups excluding carboxylic acids is 3. The Morgan fingerprint density at radius 3 is 1.80 bits per heavy atom. The quantitative estimate of drug-likeness (QED) is 0.174. The Kier molecular flexibility index (Phi) is 12.0. The van der Waals surface area contributed by atoms with Crippen LogP contribution in [0.3, 0.4) is 0 Å². The van der Waals surface area contributed by atoms with E-state index >= 15 is 0 Å². The molecule has 3 amide bonds. The summed E-state index contributed by atoms with van der Waals surface area (Å²) >= 11 is 3.86. The molecule has 0 aromatic heterocycles. The van der Waals surface area contributed by atoms with Crippen molar-refractivity contribution < 1.29 is 34.2 Å². The molecule has 7 N–H and O–H groups in total. The molecule has 172 valence electrons. The molecule has 0 rings (SSSR count). The molecule has 0 aliphatic rings. The van der Waals surface area contributed by atoms with Crippen LogP contribution in [0.2, 0.25) is 0 Å². The minimum absolute atomic E-state index is 0.112. The van der Waals surface area contributed by atoms with Gasteiger partial charge in [0.2, 0.25) is 17.7 Å². The standard InChI is InChI=1S/C18H32N4O7S/c1-8(2)5-10(19)15(25)20-11(6-13(23)24)16(26)22-14(9(3)4)17(27)21-12(7-30)18(28)29/h8-12,14,30H,5-7,19H2,1-4H3,(H,20,25)(H,21,27)(H,22,26)(H,23,24)(H,28,29). The summed E-state index contributed by atoms with van der Waals surface area (Å²) < 4.78 is 0. The van der Waals surface area contributed by atoms with Crippen LogP contribution in [0.5, 0.6) is 0 Å². The molecule has 0 fully saturated rings. The number of nitrogens with two attached hydrogens (primary N) is 1. The second-order valence-electron chi connectivity index (χ2n) is 7.71. The highest BCUT2D eigenvalue weighted by molar-refractivity contribution is 7.80. The van der Waals surface area contributed by atoms with Crippen molar-refractivity contribution in [2.24, 2.45) is 17.6 Å². The molecule has 0 saturated carbocycles. The zero-order chi connectivity index (χ0) is 23.6. The van der Waals surface area contributed by atoms with E-state index in [1.54, 1.807) is 13.8 Å². The lowest BCUT2D eigenvalue weighted by molar-refractivity contribution is -0.143. The molecule has 0 radical (unpaired) electrons. The van der Waals surface area contributed by atoms with Gasteiger partial charge in [0, 0.05) is 5.75 Å². The summed E-state index contributed by atoms with van der Waals surface area (Å²) in [5.41, 5.74) is 5.78. The molecular formula is C18H32N4O7S. The number of rotatable bonds is 13. The van der Waals surface area contributed by atoms with Crippen LogP contribution >= 0.6 is 12.6 Å². The molecule has 12 heteroatoms. The minimum Gasteiger partial charge on any atom is -0.481 e. The first-order valence-electron chi connectivity index (χ1n) is 9.52. The summed E-state index contributed by atoms with van der Waals surface area (Å²) in [4.78, 5) is 59.5. The Labute approximate surface area is 180 Å². The van der Waals surface area contributed by atoms with Crippen LogP contribution in [0.15, 0.2) is 0 Å². The lowest BCUT2D eigenvalue weighted by Crippen LogP contribution is -2.59. The molecule has 0 aromatic carbocycles. The first-order chi connectivity index (χ1) is 13.8. The molecular weight excluding hydrogens is 416 g/mol. The van der Waals surface area contributed by atoms with E-state index in [0.717, 1.165) is 0 Å². The van der Waals surface area contributed by atoms with Crippen LogP contribution in [-0.2, 0) is 24.0 Å². The largest absolute Gasteiger partial charge is 0.481 e. The number of carbonyl (C=O) groups is 5. The Bertz CT molecular complexity index is 642. The maximum Gasteiger partial charge on any atom is 0.327 e. The first-order valence-corrected chi connectivity index (χ1v) is 10.1. The average molecular weight is 449 g/mol. The van der Waals surface area contributed by atoms with Gasteiger partial charge in [-0.15, -0.1) is 0 Å². The number of hydrogen-bond acceptors (Lipinski definition) is 7. The number of thiol groups is 1. The van der Waals surface area contributed by atoms with Crippen LogP contribution in [0.4, 0.5) is 0 Å². The van der Waals surface area contributed by atoms with Gasteiger partial charge in [-0.3, -0.25) is 19.2 Å². The number of aliphatic carboxylic acids is 2. The molecule has 4 atom stereocenters. The Hall–Kier alpha value is -2.34. The average Bonchev–Trinajstić information content (AvgIpc) is 2.61. The normalized spacial score (nSPS) is 15.1. The molecule has 4 unspecified atom stereocenters. The van der Waals surface area contributed by atoms with Crippen molar-refractivity contribution in [3.63, 3.8) is 0 Å². The molecule has 0 aliphatic carbocycles. The summed E-state index contributed by atoms with van der Waals surface area (Å²) in [6, 6.07) is -4.80. The molecule has 11 nitrogen and oxygen atoms in total. The zero-order valence-corrected chi connectivity index (χ0v) is 18.4. The first kappa shape index (κ1) is 27.7. The van der Waals surface area contributed by atoms with E-state index < -0.39 is 66.2 Å². The highest BCUT2D eigenvalue weighted by Gasteiger charge is 2.32. The Balaban J connectivity index is 5.36. The monoisotopic (exact) mass is 448 g/mol. The van der Waals surface area contributed by atoms with E-state index in [-0.39, 0.29) is 11.7 Å². The molecule has 0 spiro atoms. The molecule has 0 saturated heterocycles. The SMILES string of the molecule is CC(C)CC(N)C(=O)NC(CC(=O)O)C(=O)NC(C(=O)NC(CS)C(=O)O)C(C)C. The maximum absolute atomic E-state index is 12.6. The van der Waals surface area contributed by atoms with Gasteiger partial charge in [-0.25, -0.2) is 4.79 Å². The molecule has 30 heavy (non-hydrogen) atoms. The third-order valence-electron chi connectivity index (χ3n) is 4.12. The van der Waals surface area contributed by atoms with Crippen molar-refractivity contribution in [1.29, 1.82) is 0 Å². The second-order valence-corrected chi connectivity index (χ2v) is 8.07. The molecule has 0 aliphatic heterocycles. The molecule has 0 aromatic rings. The van der Waals surface area contributed by atoms with Crippen LogP contribution in [0.25, 0.3) is 0 Å². The number of hydrogen-bond donors (Lipinski definition) is 7. The lowest BCUT2D eigenvalue weighted by Gasteiger charge is -2.26. The van der Waals surface area contributed by atoms with Crippen molar-refractivity contribution in [3.8, 4) is 0 Å². The maximum atomic E-state index is 12.6. The van der Waals surface area contributed by atoms with Crippen molar-refractivity contribution in [1.82, 2.24) is 16.0 Å². The van der Waals surface area contributed by atoms with Crippen LogP contribution in [0, 0.1) is 11.8 Å². The fourth-order valence-corrected chi connectivity index (χ4v) is 2.76. The van der Waals surface area contributed by atoms with Crippen LogP contribution < -0.4 is 21.7 Å². The third-order valence-corrected chi connectivity index (χ3v) is 4.48. The number of nitrogens with one attached hydrogen (secondary N) is 3. The summed E-state index contributed by atoms with van der Waals surface area (Å²) in [6.07, 6.45) is -0.378. The minimum atomic E-state index is -1.46. The van der Waals surface area contributed by atoms with E-state index in [9.17, 15) is 24.0 Å². The van der Waals surface area contributed by atoms with E-state index in [1.807, 2.05) is 13.8 Å². The summed E-state index contributed by atoms with van der Waals surface area (Å²) in [5.74, 6) is -5.47. The predicted octanol–water partition coefficient (Wildman–Crippen LogP) is -1.04. The van der Waals surface area contributed by atoms with Gasteiger partial charge in [-0.2, -0.15) is 12.6 Å².